The van der Waals surface area contributed by atoms with Crippen molar-refractivity contribution in [3.05, 3.63) is 170 Å². The Morgan fingerprint density at radius 3 is 0.913 bits per heavy atom. The number of hydrogen-bond acceptors (Lipinski definition) is 10. The number of fused-ring (bicyclic) bond motifs is 7. The van der Waals surface area contributed by atoms with Gasteiger partial charge in [-0.1, -0.05) is 160 Å². The summed E-state index contributed by atoms with van der Waals surface area (Å²) in [7, 11) is 1.34. The van der Waals surface area contributed by atoms with Gasteiger partial charge in [-0.15, -0.1) is 0 Å². The van der Waals surface area contributed by atoms with Crippen LogP contribution in [0.1, 0.15) is 233 Å². The van der Waals surface area contributed by atoms with E-state index in [-0.39, 0.29) is 23.7 Å². The molecule has 6 fully saturated rings. The summed E-state index contributed by atoms with van der Waals surface area (Å²) in [6.45, 7) is 48.7. The molecule has 115 heavy (non-hydrogen) atoms. The Morgan fingerprint density at radius 2 is 0.643 bits per heavy atom. The van der Waals surface area contributed by atoms with E-state index in [1.54, 1.807) is 102 Å². The number of hydrogen-bond donors (Lipinski definition) is 4. The van der Waals surface area contributed by atoms with Crippen molar-refractivity contribution in [1.82, 2.24) is 4.48 Å². The third-order valence-electron chi connectivity index (χ3n) is 27.5. The van der Waals surface area contributed by atoms with E-state index in [1.807, 2.05) is 27.7 Å². The number of quaternary nitrogens is 6. The first-order valence-corrected chi connectivity index (χ1v) is 44.0. The molecule has 7 unspecified atom stereocenters. The molecule has 5 aromatic carbocycles. The van der Waals surface area contributed by atoms with Crippen LogP contribution in [0.4, 0.5) is 5.69 Å². The number of ether oxygens (including phenoxy) is 2. The lowest BCUT2D eigenvalue weighted by atomic mass is 9.87. The minimum atomic E-state index is -1.42. The number of carboxylic acid groups (broad SMARTS) is 6. The summed E-state index contributed by atoms with van der Waals surface area (Å²) in [6, 6.07) is 41.1. The average Bonchev–Trinajstić information content (AvgIpc) is 1.60. The third kappa shape index (κ3) is 25.6. The Bertz CT molecular complexity index is 3630. The minimum absolute atomic E-state index is 0.181. The normalized spacial score (nSPS) is 21.2. The predicted molar refractivity (Wildman–Crippen MR) is 448 cm³/mol. The summed E-state index contributed by atoms with van der Waals surface area (Å²) in [4.78, 5) is 61.0. The van der Waals surface area contributed by atoms with Gasteiger partial charge in [0, 0.05) is 150 Å². The zero-order valence-electron chi connectivity index (χ0n) is 72.0. The molecule has 634 valence electrons. The van der Waals surface area contributed by atoms with E-state index in [9.17, 15) is 39.0 Å². The molecule has 0 bridgehead atoms. The highest BCUT2D eigenvalue weighted by molar-refractivity contribution is 5.78. The van der Waals surface area contributed by atoms with Crippen LogP contribution in [0.2, 0.25) is 0 Å². The molecule has 20 heteroatoms. The second-order valence-electron chi connectivity index (χ2n) is 35.8. The van der Waals surface area contributed by atoms with E-state index in [2.05, 4.69) is 109 Å². The van der Waals surface area contributed by atoms with Crippen molar-refractivity contribution in [2.24, 2.45) is 35.5 Å². The SMILES string of the molecule is C1CC[N+]2(CC1)CCOC2.CCC(C)C(=O)O.CCC(C)C(=O)O.CCC(C)C(=O)O.CCC(C)C(=O)O.CCC(OC)C(C(=O)[O-])C(C)C(=O)[O-].c1c2c(cc3c1C[N+]1(CCCC1)C3)C[N+]1(CCCC1)C2.c1ccc2c(c1)CC[N+]21CCCC1.c1ccc2c(c1)C[N+]1(C2)Cc2ccccc2C1.c1ccc2c(c1)C[N+]1(CCCC1)C2. The summed E-state index contributed by atoms with van der Waals surface area (Å²) in [6.07, 6.45) is 19.7. The Balaban J connectivity index is 0.000000164. The zero-order chi connectivity index (χ0) is 83.6. The number of rotatable bonds is 14. The number of nitrogens with zero attached hydrogens (tertiary/aromatic N) is 6. The number of carbonyl (C=O) groups is 6. The van der Waals surface area contributed by atoms with E-state index in [0.717, 1.165) is 39.0 Å². The maximum absolute atomic E-state index is 10.7. The Morgan fingerprint density at radius 1 is 0.357 bits per heavy atom. The number of carbonyl (C=O) groups excluding carboxylic acids is 2. The first kappa shape index (κ1) is 93.1. The van der Waals surface area contributed by atoms with Gasteiger partial charge in [-0.3, -0.25) is 28.1 Å². The first-order chi connectivity index (χ1) is 55.0. The molecule has 0 amide bonds. The van der Waals surface area contributed by atoms with Gasteiger partial charge < -0.3 is 67.6 Å². The van der Waals surface area contributed by atoms with Gasteiger partial charge in [-0.2, -0.15) is 0 Å². The lowest BCUT2D eigenvalue weighted by Crippen LogP contribution is -2.49. The van der Waals surface area contributed by atoms with Crippen LogP contribution in [0.25, 0.3) is 0 Å². The van der Waals surface area contributed by atoms with Crippen LogP contribution in [0.15, 0.2) is 109 Å². The Kier molecular flexibility index (Phi) is 35.5. The molecule has 12 heterocycles. The molecule has 12 aliphatic rings. The van der Waals surface area contributed by atoms with Crippen LogP contribution >= 0.6 is 0 Å². The minimum Gasteiger partial charge on any atom is -0.550 e. The largest absolute Gasteiger partial charge is 0.550 e. The number of aliphatic carboxylic acids is 6. The highest BCUT2D eigenvalue weighted by Crippen LogP contribution is 2.43. The van der Waals surface area contributed by atoms with E-state index in [1.165, 1.54) is 262 Å². The quantitative estimate of drug-likeness (QED) is 0.0755. The smallest absolute Gasteiger partial charge is 0.306 e. The van der Waals surface area contributed by atoms with Crippen molar-refractivity contribution in [2.75, 3.05) is 99.0 Å². The van der Waals surface area contributed by atoms with Crippen LogP contribution in [-0.2, 0) is 110 Å². The lowest BCUT2D eigenvalue weighted by molar-refractivity contribution is -0.966. The van der Waals surface area contributed by atoms with Crippen LogP contribution in [-0.4, -0.2) is 184 Å². The number of methoxy groups -OCH3 is 1. The van der Waals surface area contributed by atoms with E-state index in [0.29, 0.717) is 6.42 Å². The molecule has 7 atom stereocenters. The van der Waals surface area contributed by atoms with Crippen molar-refractivity contribution in [3.63, 3.8) is 0 Å². The summed E-state index contributed by atoms with van der Waals surface area (Å²) in [5, 5.41) is 54.0. The molecule has 0 aliphatic carbocycles. The molecule has 0 aromatic heterocycles. The van der Waals surface area contributed by atoms with Gasteiger partial charge in [0.2, 0.25) is 0 Å². The van der Waals surface area contributed by atoms with Crippen LogP contribution in [0.5, 0.6) is 0 Å². The molecule has 5 aromatic rings. The van der Waals surface area contributed by atoms with Crippen LogP contribution < -0.4 is 14.7 Å². The van der Waals surface area contributed by atoms with Crippen molar-refractivity contribution in [2.45, 2.75) is 250 Å². The van der Waals surface area contributed by atoms with Gasteiger partial charge in [0.1, 0.15) is 84.3 Å². The second kappa shape index (κ2) is 43.9. The average molecular weight is 1590 g/mol. The molecule has 6 saturated heterocycles. The van der Waals surface area contributed by atoms with Crippen molar-refractivity contribution >= 4 is 41.5 Å². The zero-order valence-corrected chi connectivity index (χ0v) is 72.0. The molecule has 4 N–H and O–H groups in total. The van der Waals surface area contributed by atoms with Crippen LogP contribution in [0, 0.1) is 35.5 Å². The molecule has 0 radical (unpaired) electrons. The van der Waals surface area contributed by atoms with Gasteiger partial charge in [-0.25, -0.2) is 0 Å². The molecular formula is C95H144N6O14+4. The topological polar surface area (TPSA) is 248 Å². The predicted octanol–water partition coefficient (Wildman–Crippen LogP) is 14.4. The highest BCUT2D eigenvalue weighted by atomic mass is 16.5. The molecule has 12 aliphatic heterocycles. The van der Waals surface area contributed by atoms with Crippen LogP contribution in [0.3, 0.4) is 0 Å². The Hall–Kier alpha value is -7.40. The first-order valence-electron chi connectivity index (χ1n) is 44.0. The van der Waals surface area contributed by atoms with Crippen molar-refractivity contribution in [1.29, 1.82) is 0 Å². The number of para-hydroxylation sites is 1. The summed E-state index contributed by atoms with van der Waals surface area (Å²) >= 11 is 0. The fourth-order valence-corrected chi connectivity index (χ4v) is 19.3. The second-order valence-corrected chi connectivity index (χ2v) is 35.8. The number of carboxylic acids is 6. The standard InChI is InChI=1S/C18H26N2.C16H16N.2C12H16N.C9H16O5.C8H16NO.4C5H10O2/c1-2-6-19(5-1)11-15-9-17-13-20(7-3-4-8-20)14-18(17)10-16(15)12-19;1-2-6-14-10-17(9-13(14)5-1)11-15-7-3-4-8-16(15)12-17;1-2-6-12-11(5-1)7-10-13(12)8-3-4-9-13;1-2-6-12-10-13(7-3-4-8-13)9-11(12)5-1;1-4-6(14-3)7(9(12)13)5(2)8(10)11;1-2-4-9(5-3-1)6-7-10-8-9;4*1-3-4(2)5(6)7/h9-10H,1-8,11-14H2;1-8H,9-12H2;2*1-2,5-6H,3-4,7-10H2;5-7H,4H2,1-3H3,(H,10,11)(H,12,13);1-8H2;4*4H,3H2,1-2H3,(H,6,7)/q+2;3*+1;;+1;;;;/p-2. The van der Waals surface area contributed by atoms with Gasteiger partial charge in [-0.05, 0) is 69.6 Å². The van der Waals surface area contributed by atoms with E-state index in [4.69, 9.17) is 29.9 Å². The fraction of sp³-hybridized carbons (Fsp3) is 0.621. The summed E-state index contributed by atoms with van der Waals surface area (Å²) < 4.78 is 18.2. The van der Waals surface area contributed by atoms with E-state index >= 15 is 0 Å². The lowest BCUT2D eigenvalue weighted by Gasteiger charge is -2.35. The summed E-state index contributed by atoms with van der Waals surface area (Å²) in [5.41, 5.74) is 19.4. The maximum atomic E-state index is 10.7. The van der Waals surface area contributed by atoms with Gasteiger partial charge >= 0.3 is 23.9 Å². The van der Waals surface area contributed by atoms with Gasteiger partial charge in [0.25, 0.3) is 0 Å². The van der Waals surface area contributed by atoms with E-state index < -0.39 is 53.8 Å². The summed E-state index contributed by atoms with van der Waals surface area (Å²) in [5.74, 6) is -8.67. The molecule has 6 spiro atoms. The molecule has 17 rings (SSSR count). The van der Waals surface area contributed by atoms with Crippen molar-refractivity contribution in [3.8, 4) is 0 Å². The number of piperidine rings is 1. The monoisotopic (exact) mass is 1590 g/mol. The molecule has 0 saturated carbocycles. The van der Waals surface area contributed by atoms with Gasteiger partial charge in [0.05, 0.1) is 102 Å². The molecular weight excluding hydrogens is 1450 g/mol. The van der Waals surface area contributed by atoms with Crippen molar-refractivity contribution < 1.29 is 91.3 Å². The highest BCUT2D eigenvalue weighted by Gasteiger charge is 2.46. The Labute approximate surface area is 688 Å². The number of benzene rings is 5. The van der Waals surface area contributed by atoms with Gasteiger partial charge in [0.15, 0.2) is 6.73 Å². The maximum Gasteiger partial charge on any atom is 0.306 e. The third-order valence-corrected chi connectivity index (χ3v) is 27.5. The fourth-order valence-electron chi connectivity index (χ4n) is 19.3. The molecule has 20 nitrogen and oxygen atoms in total.